The van der Waals surface area contributed by atoms with Crippen molar-refractivity contribution < 1.29 is 32.6 Å². The van der Waals surface area contributed by atoms with Crippen molar-refractivity contribution in [1.29, 1.82) is 0 Å². The first-order chi connectivity index (χ1) is 13.1. The number of benzene rings is 2. The van der Waals surface area contributed by atoms with Gasteiger partial charge >= 0.3 is 12.1 Å². The first-order valence-electron chi connectivity index (χ1n) is 8.11. The normalized spacial score (nSPS) is 12.3. The number of aliphatic carboxylic acids is 1. The lowest BCUT2D eigenvalue weighted by Gasteiger charge is -2.16. The molecule has 1 amide bonds. The molecule has 2 aromatic rings. The van der Waals surface area contributed by atoms with Gasteiger partial charge in [-0.15, -0.1) is 0 Å². The van der Waals surface area contributed by atoms with Crippen LogP contribution in [0.5, 0.6) is 5.75 Å². The molecule has 1 atom stereocenters. The van der Waals surface area contributed by atoms with E-state index in [4.69, 9.17) is 16.3 Å². The molecule has 28 heavy (non-hydrogen) atoms. The summed E-state index contributed by atoms with van der Waals surface area (Å²) in [5.41, 5.74) is -0.193. The zero-order valence-electron chi connectivity index (χ0n) is 14.7. The van der Waals surface area contributed by atoms with Crippen molar-refractivity contribution in [2.45, 2.75) is 25.1 Å². The molecule has 5 nitrogen and oxygen atoms in total. The Morgan fingerprint density at radius 2 is 1.89 bits per heavy atom. The van der Waals surface area contributed by atoms with Crippen molar-refractivity contribution in [3.05, 3.63) is 64.2 Å². The first-order valence-corrected chi connectivity index (χ1v) is 8.48. The van der Waals surface area contributed by atoms with Crippen LogP contribution in [-0.2, 0) is 28.6 Å². The minimum absolute atomic E-state index is 0.0482. The van der Waals surface area contributed by atoms with Crippen LogP contribution in [-0.4, -0.2) is 30.1 Å². The summed E-state index contributed by atoms with van der Waals surface area (Å²) in [6.07, 6.45) is -4.95. The molecule has 150 valence electrons. The summed E-state index contributed by atoms with van der Waals surface area (Å²) >= 11 is 6.01. The molecule has 2 rings (SSSR count). The van der Waals surface area contributed by atoms with Crippen LogP contribution < -0.4 is 10.1 Å². The van der Waals surface area contributed by atoms with Crippen LogP contribution in [0.25, 0.3) is 0 Å². The molecule has 0 aliphatic carbocycles. The van der Waals surface area contributed by atoms with Gasteiger partial charge in [0, 0.05) is 6.42 Å². The lowest BCUT2D eigenvalue weighted by atomic mass is 10.0. The van der Waals surface area contributed by atoms with Gasteiger partial charge in [0.05, 0.1) is 24.1 Å². The minimum atomic E-state index is -4.52. The molecule has 2 aromatic carbocycles. The zero-order valence-corrected chi connectivity index (χ0v) is 15.5. The number of carbonyl (C=O) groups is 2. The highest BCUT2D eigenvalue weighted by Gasteiger charge is 2.30. The molecule has 9 heteroatoms. The molecule has 0 aromatic heterocycles. The molecule has 0 bridgehead atoms. The van der Waals surface area contributed by atoms with E-state index in [-0.39, 0.29) is 18.4 Å². The molecule has 0 heterocycles. The van der Waals surface area contributed by atoms with Crippen molar-refractivity contribution in [1.82, 2.24) is 5.32 Å². The number of carbonyl (C=O) groups excluding carboxylic acids is 1. The van der Waals surface area contributed by atoms with Gasteiger partial charge < -0.3 is 15.2 Å². The van der Waals surface area contributed by atoms with Crippen LogP contribution in [0.3, 0.4) is 0 Å². The first kappa shape index (κ1) is 21.6. The van der Waals surface area contributed by atoms with Gasteiger partial charge in [-0.1, -0.05) is 35.9 Å². The highest BCUT2D eigenvalue weighted by Crippen LogP contribution is 2.29. The highest BCUT2D eigenvalue weighted by molar-refractivity contribution is 6.32. The van der Waals surface area contributed by atoms with Crippen LogP contribution in [0.2, 0.25) is 5.02 Å². The number of rotatable bonds is 7. The van der Waals surface area contributed by atoms with Gasteiger partial charge in [-0.2, -0.15) is 13.2 Å². The number of halogens is 4. The standard InChI is InChI=1S/C19H17ClF3NO4/c1-28-16-6-5-12(8-14(16)20)9-15(18(26)27)24-17(25)10-11-3-2-4-13(7-11)19(21,22)23/h2-8,15H,9-10H2,1H3,(H,24,25)(H,26,27)/t15-/m0/s1. The third-order valence-corrected chi connectivity index (χ3v) is 4.20. The van der Waals surface area contributed by atoms with Crippen LogP contribution in [0.1, 0.15) is 16.7 Å². The van der Waals surface area contributed by atoms with Gasteiger partial charge in [-0.05, 0) is 29.3 Å². The van der Waals surface area contributed by atoms with Gasteiger partial charge in [0.15, 0.2) is 0 Å². The number of amides is 1. The van der Waals surface area contributed by atoms with Crippen LogP contribution in [0.15, 0.2) is 42.5 Å². The third kappa shape index (κ3) is 5.88. The van der Waals surface area contributed by atoms with Crippen molar-refractivity contribution in [2.24, 2.45) is 0 Å². The van der Waals surface area contributed by atoms with E-state index < -0.39 is 29.7 Å². The number of ether oxygens (including phenoxy) is 1. The van der Waals surface area contributed by atoms with Gasteiger partial charge in [-0.3, -0.25) is 4.79 Å². The predicted octanol–water partition coefficient (Wildman–Crippen LogP) is 3.72. The number of nitrogens with one attached hydrogen (secondary N) is 1. The zero-order chi connectivity index (χ0) is 20.9. The molecule has 2 N–H and O–H groups in total. The van der Waals surface area contributed by atoms with E-state index in [1.165, 1.54) is 25.3 Å². The Morgan fingerprint density at radius 1 is 1.18 bits per heavy atom. The summed E-state index contributed by atoms with van der Waals surface area (Å²) in [6.45, 7) is 0. The van der Waals surface area contributed by atoms with Crippen LogP contribution in [0, 0.1) is 0 Å². The molecule has 0 saturated heterocycles. The monoisotopic (exact) mass is 415 g/mol. The van der Waals surface area contributed by atoms with Gasteiger partial charge in [0.1, 0.15) is 11.8 Å². The summed E-state index contributed by atoms with van der Waals surface area (Å²) in [4.78, 5) is 23.6. The van der Waals surface area contributed by atoms with Crippen molar-refractivity contribution in [2.75, 3.05) is 7.11 Å². The van der Waals surface area contributed by atoms with Gasteiger partial charge in [0.25, 0.3) is 0 Å². The van der Waals surface area contributed by atoms with Crippen molar-refractivity contribution in [3.63, 3.8) is 0 Å². The Morgan fingerprint density at radius 3 is 2.46 bits per heavy atom. The number of carboxylic acid groups (broad SMARTS) is 1. The maximum absolute atomic E-state index is 12.8. The molecule has 0 saturated carbocycles. The summed E-state index contributed by atoms with van der Waals surface area (Å²) in [7, 11) is 1.44. The second-order valence-electron chi connectivity index (χ2n) is 6.01. The van der Waals surface area contributed by atoms with E-state index in [9.17, 15) is 27.9 Å². The molecule has 0 unspecified atom stereocenters. The van der Waals surface area contributed by atoms with Crippen molar-refractivity contribution >= 4 is 23.5 Å². The Hall–Kier alpha value is -2.74. The van der Waals surface area contributed by atoms with E-state index in [0.717, 1.165) is 12.1 Å². The van der Waals surface area contributed by atoms with Crippen molar-refractivity contribution in [3.8, 4) is 5.75 Å². The summed E-state index contributed by atoms with van der Waals surface area (Å²) in [5.74, 6) is -1.55. The Labute approximate surface area is 164 Å². The minimum Gasteiger partial charge on any atom is -0.495 e. The SMILES string of the molecule is COc1ccc(C[C@H](NC(=O)Cc2cccc(C(F)(F)F)c2)C(=O)O)cc1Cl. The number of carboxylic acids is 1. The Bertz CT molecular complexity index is 870. The van der Waals surface area contributed by atoms with Gasteiger partial charge in [-0.25, -0.2) is 4.79 Å². The van der Waals surface area contributed by atoms with E-state index in [1.54, 1.807) is 12.1 Å². The fourth-order valence-corrected chi connectivity index (χ4v) is 2.84. The molecule has 0 aliphatic heterocycles. The maximum atomic E-state index is 12.8. The van der Waals surface area contributed by atoms with Crippen LogP contribution >= 0.6 is 11.6 Å². The fraction of sp³-hybridized carbons (Fsp3) is 0.263. The number of hydrogen-bond acceptors (Lipinski definition) is 3. The Kier molecular flexibility index (Phi) is 6.90. The second kappa shape index (κ2) is 8.97. The third-order valence-electron chi connectivity index (χ3n) is 3.91. The molecular formula is C19H17ClF3NO4. The summed E-state index contributed by atoms with van der Waals surface area (Å²) in [6, 6.07) is 7.76. The number of methoxy groups -OCH3 is 1. The highest BCUT2D eigenvalue weighted by atomic mass is 35.5. The molecular weight excluding hydrogens is 399 g/mol. The summed E-state index contributed by atoms with van der Waals surface area (Å²) < 4.78 is 43.3. The van der Waals surface area contributed by atoms with E-state index in [0.29, 0.717) is 16.3 Å². The largest absolute Gasteiger partial charge is 0.495 e. The molecule has 0 spiro atoms. The van der Waals surface area contributed by atoms with Crippen LogP contribution in [0.4, 0.5) is 13.2 Å². The van der Waals surface area contributed by atoms with E-state index in [2.05, 4.69) is 5.32 Å². The van der Waals surface area contributed by atoms with Gasteiger partial charge in [0.2, 0.25) is 5.91 Å². The maximum Gasteiger partial charge on any atom is 0.416 e. The fourth-order valence-electron chi connectivity index (χ4n) is 2.56. The van der Waals surface area contributed by atoms with E-state index in [1.807, 2.05) is 0 Å². The number of alkyl halides is 3. The molecule has 0 aliphatic rings. The molecule has 0 radical (unpaired) electrons. The lowest BCUT2D eigenvalue weighted by molar-refractivity contribution is -0.141. The average molecular weight is 416 g/mol. The lowest BCUT2D eigenvalue weighted by Crippen LogP contribution is -2.43. The quantitative estimate of drug-likeness (QED) is 0.722. The predicted molar refractivity (Wildman–Crippen MR) is 96.4 cm³/mol. The second-order valence-corrected chi connectivity index (χ2v) is 6.41. The Balaban J connectivity index is 2.07. The summed E-state index contributed by atoms with van der Waals surface area (Å²) in [5, 5.41) is 12.0. The topological polar surface area (TPSA) is 75.6 Å². The van der Waals surface area contributed by atoms with E-state index >= 15 is 0 Å². The number of hydrogen-bond donors (Lipinski definition) is 2. The average Bonchev–Trinajstić information content (AvgIpc) is 2.60. The smallest absolute Gasteiger partial charge is 0.416 e. The molecule has 0 fully saturated rings.